The second-order valence-electron chi connectivity index (χ2n) is 6.50. The van der Waals surface area contributed by atoms with E-state index in [2.05, 4.69) is 29.6 Å². The summed E-state index contributed by atoms with van der Waals surface area (Å²) in [4.78, 5) is 14.1. The Hall–Kier alpha value is -2.29. The molecular formula is C20H24N2O. The molecule has 3 heteroatoms. The van der Waals surface area contributed by atoms with Crippen molar-refractivity contribution in [3.63, 3.8) is 0 Å². The fourth-order valence-corrected chi connectivity index (χ4v) is 3.27. The van der Waals surface area contributed by atoms with Crippen LogP contribution in [-0.4, -0.2) is 24.5 Å². The number of hydrogen-bond donors (Lipinski definition) is 1. The average molecular weight is 308 g/mol. The molecule has 0 aliphatic heterocycles. The molecule has 23 heavy (non-hydrogen) atoms. The van der Waals surface area contributed by atoms with Crippen LogP contribution in [0.3, 0.4) is 0 Å². The van der Waals surface area contributed by atoms with E-state index in [9.17, 15) is 4.79 Å². The lowest BCUT2D eigenvalue weighted by Crippen LogP contribution is -2.48. The molecule has 1 aliphatic rings. The van der Waals surface area contributed by atoms with E-state index in [1.807, 2.05) is 43.4 Å². The van der Waals surface area contributed by atoms with Crippen LogP contribution in [-0.2, 0) is 12.0 Å². The maximum Gasteiger partial charge on any atom is 0.317 e. The van der Waals surface area contributed by atoms with Crippen LogP contribution in [0.4, 0.5) is 4.79 Å². The number of nitrogens with zero attached hydrogens (tertiary/aromatic N) is 1. The van der Waals surface area contributed by atoms with Gasteiger partial charge in [-0.2, -0.15) is 0 Å². The van der Waals surface area contributed by atoms with Gasteiger partial charge < -0.3 is 10.2 Å². The van der Waals surface area contributed by atoms with Gasteiger partial charge in [0, 0.05) is 25.6 Å². The average Bonchev–Trinajstić information content (AvgIpc) is 2.55. The summed E-state index contributed by atoms with van der Waals surface area (Å²) in [5.41, 5.74) is 2.62. The van der Waals surface area contributed by atoms with E-state index < -0.39 is 0 Å². The summed E-state index contributed by atoms with van der Waals surface area (Å²) >= 11 is 0. The molecule has 0 unspecified atom stereocenters. The van der Waals surface area contributed by atoms with E-state index in [-0.39, 0.29) is 11.4 Å². The van der Waals surface area contributed by atoms with Gasteiger partial charge in [0.1, 0.15) is 0 Å². The third-order valence-electron chi connectivity index (χ3n) is 4.88. The molecule has 2 aromatic rings. The molecule has 0 heterocycles. The molecule has 3 rings (SSSR count). The van der Waals surface area contributed by atoms with Gasteiger partial charge in [-0.1, -0.05) is 67.1 Å². The van der Waals surface area contributed by atoms with Gasteiger partial charge in [0.25, 0.3) is 0 Å². The smallest absolute Gasteiger partial charge is 0.317 e. The highest BCUT2D eigenvalue weighted by atomic mass is 16.2. The molecule has 0 aromatic heterocycles. The topological polar surface area (TPSA) is 32.3 Å². The SMILES string of the molecule is CN(Cc1ccccc1)C(=O)NCC1(c2ccccc2)CCC1. The quantitative estimate of drug-likeness (QED) is 0.891. The van der Waals surface area contributed by atoms with Gasteiger partial charge in [-0.05, 0) is 24.0 Å². The second kappa shape index (κ2) is 6.86. The predicted octanol–water partition coefficient (Wildman–Crippen LogP) is 3.95. The van der Waals surface area contributed by atoms with Crippen molar-refractivity contribution in [1.29, 1.82) is 0 Å². The number of nitrogens with one attached hydrogen (secondary N) is 1. The Kier molecular flexibility index (Phi) is 4.65. The van der Waals surface area contributed by atoms with Crippen molar-refractivity contribution < 1.29 is 4.79 Å². The molecule has 0 bridgehead atoms. The van der Waals surface area contributed by atoms with Crippen LogP contribution in [0.25, 0.3) is 0 Å². The third-order valence-corrected chi connectivity index (χ3v) is 4.88. The zero-order chi connectivity index (χ0) is 16.1. The molecule has 0 atom stereocenters. The number of urea groups is 1. The maximum absolute atomic E-state index is 12.4. The lowest BCUT2D eigenvalue weighted by molar-refractivity contribution is 0.190. The molecule has 120 valence electrons. The number of carbonyl (C=O) groups excluding carboxylic acids is 1. The van der Waals surface area contributed by atoms with Gasteiger partial charge in [0.15, 0.2) is 0 Å². The van der Waals surface area contributed by atoms with Crippen molar-refractivity contribution in [2.75, 3.05) is 13.6 Å². The van der Waals surface area contributed by atoms with Gasteiger partial charge >= 0.3 is 6.03 Å². The molecule has 0 spiro atoms. The first-order chi connectivity index (χ1) is 11.2. The highest BCUT2D eigenvalue weighted by Crippen LogP contribution is 2.43. The first kappa shape index (κ1) is 15.6. The molecule has 2 amide bonds. The van der Waals surface area contributed by atoms with Gasteiger partial charge in [0.05, 0.1) is 0 Å². The van der Waals surface area contributed by atoms with Crippen molar-refractivity contribution >= 4 is 6.03 Å². The normalized spacial score (nSPS) is 15.5. The molecule has 1 fully saturated rings. The summed E-state index contributed by atoms with van der Waals surface area (Å²) in [6.07, 6.45) is 3.55. The minimum Gasteiger partial charge on any atom is -0.337 e. The van der Waals surface area contributed by atoms with Gasteiger partial charge in [-0.15, -0.1) is 0 Å². The Bertz CT molecular complexity index is 635. The van der Waals surface area contributed by atoms with Crippen LogP contribution in [0, 0.1) is 0 Å². The van der Waals surface area contributed by atoms with Crippen LogP contribution in [0.5, 0.6) is 0 Å². The maximum atomic E-state index is 12.4. The number of benzene rings is 2. The second-order valence-corrected chi connectivity index (χ2v) is 6.50. The summed E-state index contributed by atoms with van der Waals surface area (Å²) in [6, 6.07) is 20.6. The number of carbonyl (C=O) groups is 1. The van der Waals surface area contributed by atoms with E-state index in [0.29, 0.717) is 6.54 Å². The molecular weight excluding hydrogens is 284 g/mol. The van der Waals surface area contributed by atoms with Crippen LogP contribution >= 0.6 is 0 Å². The lowest BCUT2D eigenvalue weighted by atomic mass is 9.64. The lowest BCUT2D eigenvalue weighted by Gasteiger charge is -2.43. The van der Waals surface area contributed by atoms with Crippen molar-refractivity contribution in [2.24, 2.45) is 0 Å². The first-order valence-electron chi connectivity index (χ1n) is 8.28. The van der Waals surface area contributed by atoms with E-state index in [1.54, 1.807) is 4.90 Å². The van der Waals surface area contributed by atoms with Gasteiger partial charge in [-0.3, -0.25) is 0 Å². The largest absolute Gasteiger partial charge is 0.337 e. The van der Waals surface area contributed by atoms with E-state index >= 15 is 0 Å². The minimum atomic E-state index is -0.00365. The predicted molar refractivity (Wildman–Crippen MR) is 93.3 cm³/mol. The van der Waals surface area contributed by atoms with Crippen LogP contribution in [0.2, 0.25) is 0 Å². The highest BCUT2D eigenvalue weighted by molar-refractivity contribution is 5.74. The Morgan fingerprint density at radius 3 is 2.22 bits per heavy atom. The molecule has 1 saturated carbocycles. The summed E-state index contributed by atoms with van der Waals surface area (Å²) in [7, 11) is 1.85. The Balaban J connectivity index is 1.58. The molecule has 3 nitrogen and oxygen atoms in total. The zero-order valence-electron chi connectivity index (χ0n) is 13.7. The van der Waals surface area contributed by atoms with Crippen LogP contribution in [0.15, 0.2) is 60.7 Å². The van der Waals surface area contributed by atoms with Gasteiger partial charge in [0.2, 0.25) is 0 Å². The highest BCUT2D eigenvalue weighted by Gasteiger charge is 2.38. The first-order valence-corrected chi connectivity index (χ1v) is 8.28. The molecule has 1 aliphatic carbocycles. The summed E-state index contributed by atoms with van der Waals surface area (Å²) in [5.74, 6) is 0. The van der Waals surface area contributed by atoms with Crippen molar-refractivity contribution in [3.05, 3.63) is 71.8 Å². The van der Waals surface area contributed by atoms with Crippen LogP contribution in [0.1, 0.15) is 30.4 Å². The summed E-state index contributed by atoms with van der Waals surface area (Å²) < 4.78 is 0. The van der Waals surface area contributed by atoms with E-state index in [4.69, 9.17) is 0 Å². The number of amides is 2. The number of hydrogen-bond acceptors (Lipinski definition) is 1. The van der Waals surface area contributed by atoms with Crippen molar-refractivity contribution in [1.82, 2.24) is 10.2 Å². The van der Waals surface area contributed by atoms with Crippen molar-refractivity contribution in [3.8, 4) is 0 Å². The standard InChI is InChI=1S/C20H24N2O/c1-22(15-17-9-4-2-5-10-17)19(23)21-16-20(13-8-14-20)18-11-6-3-7-12-18/h2-7,9-12H,8,13-16H2,1H3,(H,21,23). The fraction of sp³-hybridized carbons (Fsp3) is 0.350. The van der Waals surface area contributed by atoms with E-state index in [1.165, 1.54) is 12.0 Å². The number of rotatable bonds is 5. The van der Waals surface area contributed by atoms with Gasteiger partial charge in [-0.25, -0.2) is 4.79 Å². The van der Waals surface area contributed by atoms with Crippen LogP contribution < -0.4 is 5.32 Å². The Morgan fingerprint density at radius 1 is 1.04 bits per heavy atom. The molecule has 2 aromatic carbocycles. The van der Waals surface area contributed by atoms with E-state index in [0.717, 1.165) is 24.9 Å². The molecule has 1 N–H and O–H groups in total. The fourth-order valence-electron chi connectivity index (χ4n) is 3.27. The zero-order valence-corrected chi connectivity index (χ0v) is 13.7. The summed E-state index contributed by atoms with van der Waals surface area (Å²) in [6.45, 7) is 1.35. The Labute approximate surface area is 138 Å². The third kappa shape index (κ3) is 3.55. The summed E-state index contributed by atoms with van der Waals surface area (Å²) in [5, 5.41) is 3.13. The van der Waals surface area contributed by atoms with Crippen molar-refractivity contribution in [2.45, 2.75) is 31.2 Å². The monoisotopic (exact) mass is 308 g/mol. The minimum absolute atomic E-state index is 0.00365. The molecule has 0 radical (unpaired) electrons. The molecule has 0 saturated heterocycles. The Morgan fingerprint density at radius 2 is 1.65 bits per heavy atom.